The molecule has 3 nitrogen and oxygen atoms in total. The zero-order chi connectivity index (χ0) is 9.40. The first-order valence-electron chi connectivity index (χ1n) is 3.71. The molecule has 0 bridgehead atoms. The van der Waals surface area contributed by atoms with Crippen LogP contribution >= 0.6 is 0 Å². The number of hydrogen-bond acceptors (Lipinski definition) is 3. The van der Waals surface area contributed by atoms with Crippen LogP contribution in [-0.4, -0.2) is 25.4 Å². The molecule has 66 valence electrons. The summed E-state index contributed by atoms with van der Waals surface area (Å²) in [7, 11) is 3.75. The van der Waals surface area contributed by atoms with Crippen molar-refractivity contribution in [2.24, 2.45) is 0 Å². The topological polar surface area (TPSA) is 42.0 Å². The maximum Gasteiger partial charge on any atom is 0.168 e. The lowest BCUT2D eigenvalue weighted by atomic mass is 10.3. The number of hydrogen-bond donors (Lipinski definition) is 1. The second-order valence-corrected chi connectivity index (χ2v) is 2.38. The summed E-state index contributed by atoms with van der Waals surface area (Å²) < 4.78 is 0. The minimum atomic E-state index is 0.487. The number of rotatable bonds is 1. The molecule has 0 saturated heterocycles. The minimum Gasteiger partial charge on any atom is -0.323 e. The van der Waals surface area contributed by atoms with Gasteiger partial charge in [-0.05, 0) is 32.6 Å². The summed E-state index contributed by atoms with van der Waals surface area (Å²) in [5.74, 6) is 0. The Hall–Kier alpha value is -1.22. The maximum atomic E-state index is 10.1. The van der Waals surface area contributed by atoms with Gasteiger partial charge in [0.15, 0.2) is 6.29 Å². The Morgan fingerprint density at radius 3 is 2.33 bits per heavy atom. The highest BCUT2D eigenvalue weighted by Crippen LogP contribution is 1.94. The number of carbonyl (C=O) groups is 1. The van der Waals surface area contributed by atoms with Crippen LogP contribution in [0.25, 0.3) is 0 Å². The number of carbonyl (C=O) groups excluding carboxylic acids is 1. The van der Waals surface area contributed by atoms with E-state index in [1.54, 1.807) is 12.3 Å². The van der Waals surface area contributed by atoms with Gasteiger partial charge in [-0.3, -0.25) is 9.78 Å². The lowest BCUT2D eigenvalue weighted by Crippen LogP contribution is -1.89. The van der Waals surface area contributed by atoms with Crippen LogP contribution in [0.3, 0.4) is 0 Å². The molecule has 0 amide bonds. The fourth-order valence-electron chi connectivity index (χ4n) is 0.549. The molecule has 0 saturated carbocycles. The molecule has 1 heterocycles. The first kappa shape index (κ1) is 10.8. The molecule has 1 rings (SSSR count). The molecule has 0 aliphatic carbocycles. The molecule has 0 aromatic carbocycles. The van der Waals surface area contributed by atoms with E-state index >= 15 is 0 Å². The van der Waals surface area contributed by atoms with E-state index in [-0.39, 0.29) is 0 Å². The largest absolute Gasteiger partial charge is 0.323 e. The highest BCUT2D eigenvalue weighted by molar-refractivity contribution is 5.71. The van der Waals surface area contributed by atoms with Gasteiger partial charge < -0.3 is 5.32 Å². The summed E-state index contributed by atoms with van der Waals surface area (Å²) in [6.07, 6.45) is 2.41. The third-order valence-electron chi connectivity index (χ3n) is 1.05. The summed E-state index contributed by atoms with van der Waals surface area (Å²) in [6, 6.07) is 3.55. The lowest BCUT2D eigenvalue weighted by molar-refractivity contribution is 0.111. The van der Waals surface area contributed by atoms with Crippen molar-refractivity contribution in [3.63, 3.8) is 0 Å². The van der Waals surface area contributed by atoms with Gasteiger partial charge in [0, 0.05) is 6.20 Å². The second kappa shape index (κ2) is 6.49. The van der Waals surface area contributed by atoms with E-state index in [0.717, 1.165) is 11.8 Å². The van der Waals surface area contributed by atoms with Gasteiger partial charge in [0.05, 0.1) is 0 Å². The molecule has 0 radical (unpaired) electrons. The van der Waals surface area contributed by atoms with Crippen LogP contribution in [0.1, 0.15) is 16.1 Å². The summed E-state index contributed by atoms with van der Waals surface area (Å²) in [5, 5.41) is 2.75. The van der Waals surface area contributed by atoms with E-state index in [9.17, 15) is 4.79 Å². The van der Waals surface area contributed by atoms with Crippen molar-refractivity contribution in [1.82, 2.24) is 10.3 Å². The van der Waals surface area contributed by atoms with Crippen molar-refractivity contribution in [2.45, 2.75) is 6.92 Å². The highest BCUT2D eigenvalue weighted by atomic mass is 16.1. The minimum absolute atomic E-state index is 0.487. The van der Waals surface area contributed by atoms with Crippen LogP contribution in [0.15, 0.2) is 18.3 Å². The van der Waals surface area contributed by atoms with Crippen LogP contribution < -0.4 is 5.32 Å². The maximum absolute atomic E-state index is 10.1. The van der Waals surface area contributed by atoms with E-state index in [1.807, 2.05) is 27.1 Å². The second-order valence-electron chi connectivity index (χ2n) is 2.38. The Morgan fingerprint density at radius 1 is 1.42 bits per heavy atom. The predicted octanol–water partition coefficient (Wildman–Crippen LogP) is 1.04. The molecule has 1 N–H and O–H groups in total. The number of aromatic nitrogens is 1. The Bertz CT molecular complexity index is 218. The molecule has 0 unspecified atom stereocenters. The SMILES string of the molecule is CNC.Cc1ccc(C=O)nc1. The fourth-order valence-corrected chi connectivity index (χ4v) is 0.549. The number of aryl methyl sites for hydroxylation is 1. The highest BCUT2D eigenvalue weighted by Gasteiger charge is 1.86. The summed E-state index contributed by atoms with van der Waals surface area (Å²) in [6.45, 7) is 1.93. The zero-order valence-corrected chi connectivity index (χ0v) is 7.66. The monoisotopic (exact) mass is 166 g/mol. The molecule has 1 aromatic heterocycles. The van der Waals surface area contributed by atoms with E-state index in [1.165, 1.54) is 0 Å². The summed E-state index contributed by atoms with van der Waals surface area (Å²) >= 11 is 0. The molecule has 0 aliphatic rings. The Balaban J connectivity index is 0.000000354. The van der Waals surface area contributed by atoms with E-state index in [4.69, 9.17) is 0 Å². The van der Waals surface area contributed by atoms with Gasteiger partial charge in [-0.2, -0.15) is 0 Å². The molecule has 0 fully saturated rings. The first-order chi connectivity index (χ1) is 5.74. The van der Waals surface area contributed by atoms with Crippen LogP contribution in [0, 0.1) is 6.92 Å². The summed E-state index contributed by atoms with van der Waals surface area (Å²) in [5.41, 5.74) is 1.56. The Morgan fingerprint density at radius 2 is 2.00 bits per heavy atom. The van der Waals surface area contributed by atoms with Crippen molar-refractivity contribution in [3.05, 3.63) is 29.6 Å². The van der Waals surface area contributed by atoms with Crippen LogP contribution in [0.2, 0.25) is 0 Å². The zero-order valence-electron chi connectivity index (χ0n) is 7.66. The number of nitrogens with zero attached hydrogens (tertiary/aromatic N) is 1. The Labute approximate surface area is 72.8 Å². The van der Waals surface area contributed by atoms with E-state index in [2.05, 4.69) is 10.3 Å². The van der Waals surface area contributed by atoms with Crippen LogP contribution in [0.4, 0.5) is 0 Å². The van der Waals surface area contributed by atoms with E-state index in [0.29, 0.717) is 5.69 Å². The number of nitrogens with one attached hydrogen (secondary N) is 1. The lowest BCUT2D eigenvalue weighted by Gasteiger charge is -1.88. The molecule has 1 aromatic rings. The van der Waals surface area contributed by atoms with Gasteiger partial charge in [-0.25, -0.2) is 0 Å². The van der Waals surface area contributed by atoms with Crippen molar-refractivity contribution in [3.8, 4) is 0 Å². The van der Waals surface area contributed by atoms with Crippen molar-refractivity contribution in [2.75, 3.05) is 14.1 Å². The third-order valence-corrected chi connectivity index (χ3v) is 1.05. The molecule has 0 spiro atoms. The quantitative estimate of drug-likeness (QED) is 0.634. The molecule has 0 atom stereocenters. The number of aldehydes is 1. The van der Waals surface area contributed by atoms with Gasteiger partial charge in [-0.15, -0.1) is 0 Å². The fraction of sp³-hybridized carbons (Fsp3) is 0.333. The van der Waals surface area contributed by atoms with Crippen molar-refractivity contribution >= 4 is 6.29 Å². The Kier molecular flexibility index (Phi) is 5.83. The normalized spacial score (nSPS) is 8.25. The average molecular weight is 166 g/mol. The molecular formula is C9H14N2O. The van der Waals surface area contributed by atoms with Gasteiger partial charge in [0.2, 0.25) is 0 Å². The molecule has 12 heavy (non-hydrogen) atoms. The molecule has 3 heteroatoms. The first-order valence-corrected chi connectivity index (χ1v) is 3.71. The van der Waals surface area contributed by atoms with Gasteiger partial charge >= 0.3 is 0 Å². The van der Waals surface area contributed by atoms with Crippen molar-refractivity contribution in [1.29, 1.82) is 0 Å². The standard InChI is InChI=1S/C7H7NO.C2H7N/c1-6-2-3-7(5-9)8-4-6;1-3-2/h2-5H,1H3;3H,1-2H3. The average Bonchev–Trinajstić information content (AvgIpc) is 2.07. The van der Waals surface area contributed by atoms with Crippen LogP contribution in [0.5, 0.6) is 0 Å². The van der Waals surface area contributed by atoms with Gasteiger partial charge in [0.25, 0.3) is 0 Å². The predicted molar refractivity (Wildman–Crippen MR) is 49.3 cm³/mol. The van der Waals surface area contributed by atoms with Gasteiger partial charge in [0.1, 0.15) is 5.69 Å². The van der Waals surface area contributed by atoms with Crippen molar-refractivity contribution < 1.29 is 4.79 Å². The smallest absolute Gasteiger partial charge is 0.168 e. The third kappa shape index (κ3) is 4.57. The molecule has 0 aliphatic heterocycles. The summed E-state index contributed by atoms with van der Waals surface area (Å²) in [4.78, 5) is 13.9. The number of pyridine rings is 1. The molecular weight excluding hydrogens is 152 g/mol. The van der Waals surface area contributed by atoms with Crippen LogP contribution in [-0.2, 0) is 0 Å². The van der Waals surface area contributed by atoms with Gasteiger partial charge in [-0.1, -0.05) is 6.07 Å². The van der Waals surface area contributed by atoms with E-state index < -0.39 is 0 Å².